The van der Waals surface area contributed by atoms with Crippen LogP contribution in [0, 0.1) is 0 Å². The van der Waals surface area contributed by atoms with Crippen LogP contribution in [0.5, 0.6) is 0 Å². The molecular weight excluding hydrogens is 490 g/mol. The summed E-state index contributed by atoms with van der Waals surface area (Å²) >= 11 is 1.08. The molecule has 0 fully saturated rings. The van der Waals surface area contributed by atoms with E-state index in [1.165, 1.54) is 11.8 Å². The van der Waals surface area contributed by atoms with E-state index in [1.54, 1.807) is 26.2 Å². The van der Waals surface area contributed by atoms with Gasteiger partial charge in [0.15, 0.2) is 11.1 Å². The van der Waals surface area contributed by atoms with Crippen LogP contribution in [0.1, 0.15) is 33.4 Å². The van der Waals surface area contributed by atoms with Crippen LogP contribution in [0.25, 0.3) is 0 Å². The lowest BCUT2D eigenvalue weighted by atomic mass is 10.0. The first kappa shape index (κ1) is 27.3. The van der Waals surface area contributed by atoms with Gasteiger partial charge in [-0.1, -0.05) is 53.8 Å². The van der Waals surface area contributed by atoms with Crippen molar-refractivity contribution in [2.45, 2.75) is 32.2 Å². The van der Waals surface area contributed by atoms with Crippen LogP contribution < -0.4 is 22.1 Å². The summed E-state index contributed by atoms with van der Waals surface area (Å²) in [6, 6.07) is 16.1. The molecule has 0 saturated carbocycles. The van der Waals surface area contributed by atoms with Crippen LogP contribution >= 0.6 is 11.3 Å². The van der Waals surface area contributed by atoms with E-state index in [4.69, 9.17) is 11.5 Å². The second-order valence-electron chi connectivity index (χ2n) is 8.63. The molecule has 1 atom stereocenters. The Morgan fingerprint density at radius 3 is 2.27 bits per heavy atom. The Morgan fingerprint density at radius 2 is 1.68 bits per heavy atom. The predicted octanol–water partition coefficient (Wildman–Crippen LogP) is 2.22. The van der Waals surface area contributed by atoms with E-state index < -0.39 is 11.9 Å². The summed E-state index contributed by atoms with van der Waals surface area (Å²) in [7, 11) is 3.30. The fraction of sp³-hybridized carbons (Fsp3) is 0.269. The van der Waals surface area contributed by atoms with Gasteiger partial charge in [-0.2, -0.15) is 0 Å². The minimum absolute atomic E-state index is 0.0188. The van der Waals surface area contributed by atoms with Crippen LogP contribution in [-0.4, -0.2) is 53.7 Å². The Kier molecular flexibility index (Phi) is 9.33. The number of hydrogen-bond donors (Lipinski definition) is 4. The van der Waals surface area contributed by atoms with Gasteiger partial charge in [0.2, 0.25) is 11.8 Å². The Labute approximate surface area is 219 Å². The lowest BCUT2D eigenvalue weighted by Gasteiger charge is -2.22. The van der Waals surface area contributed by atoms with Gasteiger partial charge in [0.1, 0.15) is 10.9 Å². The van der Waals surface area contributed by atoms with Crippen molar-refractivity contribution in [2.24, 2.45) is 16.5 Å². The van der Waals surface area contributed by atoms with E-state index >= 15 is 0 Å². The van der Waals surface area contributed by atoms with Gasteiger partial charge in [-0.15, -0.1) is 0 Å². The predicted molar refractivity (Wildman–Crippen MR) is 146 cm³/mol. The number of aliphatic imine (C=N–C) groups is 1. The van der Waals surface area contributed by atoms with Crippen LogP contribution in [0.3, 0.4) is 0 Å². The minimum Gasteiger partial charge on any atom is -0.370 e. The molecule has 0 aliphatic heterocycles. The van der Waals surface area contributed by atoms with E-state index in [-0.39, 0.29) is 17.8 Å². The van der Waals surface area contributed by atoms with Crippen molar-refractivity contribution in [3.05, 3.63) is 76.3 Å². The van der Waals surface area contributed by atoms with Crippen molar-refractivity contribution < 1.29 is 14.4 Å². The highest BCUT2D eigenvalue weighted by molar-refractivity contribution is 7.17. The molecule has 0 aliphatic rings. The van der Waals surface area contributed by atoms with Crippen LogP contribution in [-0.2, 0) is 28.9 Å². The monoisotopic (exact) mass is 521 g/mol. The number of thiazole rings is 1. The zero-order valence-corrected chi connectivity index (χ0v) is 21.8. The molecule has 3 rings (SSSR count). The first-order valence-electron chi connectivity index (χ1n) is 11.6. The maximum atomic E-state index is 13.4. The van der Waals surface area contributed by atoms with Crippen LogP contribution in [0.4, 0.5) is 10.8 Å². The third kappa shape index (κ3) is 8.14. The number of benzene rings is 2. The summed E-state index contributed by atoms with van der Waals surface area (Å²) in [5, 5.41) is 5.86. The number of nitrogens with one attached hydrogen (secondary N) is 2. The Hall–Kier alpha value is -4.25. The molecule has 194 valence electrons. The summed E-state index contributed by atoms with van der Waals surface area (Å²) < 4.78 is 0. The number of aryl methyl sites for hydroxylation is 2. The molecule has 3 amide bonds. The molecule has 0 bridgehead atoms. The first-order chi connectivity index (χ1) is 17.6. The molecule has 0 spiro atoms. The standard InChI is InChI=1S/C26H31N7O3S/c1-16(34)29-26-32-20(14-11-17-9-12-19(13-10-17)30-25(27)28)22(37-26)23(35)31-21(24(36)33(2)3)15-18-7-5-4-6-8-18/h4-10,12-13,21H,11,14-15H2,1-3H3,(H,31,35)(H4,27,28,30)(H,29,32,34)/t21-/m0/s1. The van der Waals surface area contributed by atoms with E-state index in [0.29, 0.717) is 40.7 Å². The molecule has 6 N–H and O–H groups in total. The molecule has 0 radical (unpaired) electrons. The average molecular weight is 522 g/mol. The molecule has 10 nitrogen and oxygen atoms in total. The number of likely N-dealkylation sites (N-methyl/N-ethyl adjacent to an activating group) is 1. The van der Waals surface area contributed by atoms with E-state index in [1.807, 2.05) is 42.5 Å². The smallest absolute Gasteiger partial charge is 0.264 e. The van der Waals surface area contributed by atoms with Crippen molar-refractivity contribution >= 4 is 45.8 Å². The summed E-state index contributed by atoms with van der Waals surface area (Å²) in [6.07, 6.45) is 1.39. The van der Waals surface area contributed by atoms with Crippen LogP contribution in [0.2, 0.25) is 0 Å². The van der Waals surface area contributed by atoms with Gasteiger partial charge in [0.25, 0.3) is 5.91 Å². The summed E-state index contributed by atoms with van der Waals surface area (Å²) in [5.74, 6) is -0.934. The van der Waals surface area contributed by atoms with E-state index in [0.717, 1.165) is 22.5 Å². The number of carbonyl (C=O) groups is 3. The number of nitrogens with two attached hydrogens (primary N) is 2. The minimum atomic E-state index is -0.757. The largest absolute Gasteiger partial charge is 0.370 e. The van der Waals surface area contributed by atoms with Crippen LogP contribution in [0.15, 0.2) is 59.6 Å². The number of aromatic nitrogens is 1. The zero-order chi connectivity index (χ0) is 26.9. The van der Waals surface area contributed by atoms with Gasteiger partial charge in [0, 0.05) is 27.4 Å². The highest BCUT2D eigenvalue weighted by Gasteiger charge is 2.26. The number of rotatable bonds is 10. The third-order valence-electron chi connectivity index (χ3n) is 5.36. The molecular formula is C26H31N7O3S. The number of amides is 3. The topological polar surface area (TPSA) is 156 Å². The molecule has 3 aromatic rings. The van der Waals surface area contributed by atoms with Gasteiger partial charge in [-0.3, -0.25) is 14.4 Å². The molecule has 0 aliphatic carbocycles. The fourth-order valence-electron chi connectivity index (χ4n) is 3.64. The molecule has 11 heteroatoms. The molecule has 0 unspecified atom stereocenters. The number of carbonyl (C=O) groups excluding carboxylic acids is 3. The quantitative estimate of drug-likeness (QED) is 0.237. The van der Waals surface area contributed by atoms with Gasteiger partial charge >= 0.3 is 0 Å². The third-order valence-corrected chi connectivity index (χ3v) is 6.37. The van der Waals surface area contributed by atoms with Gasteiger partial charge < -0.3 is 27.0 Å². The summed E-state index contributed by atoms with van der Waals surface area (Å²) in [5.41, 5.74) is 13.9. The normalized spacial score (nSPS) is 11.3. The second kappa shape index (κ2) is 12.6. The van der Waals surface area contributed by atoms with Gasteiger partial charge in [-0.25, -0.2) is 9.98 Å². The number of guanidine groups is 1. The fourth-order valence-corrected chi connectivity index (χ4v) is 4.60. The van der Waals surface area contributed by atoms with Crippen molar-refractivity contribution in [1.29, 1.82) is 0 Å². The SMILES string of the molecule is CC(=O)Nc1nc(CCc2ccc(N=C(N)N)cc2)c(C(=O)N[C@@H](Cc2ccccc2)C(=O)N(C)C)s1. The zero-order valence-electron chi connectivity index (χ0n) is 21.0. The highest BCUT2D eigenvalue weighted by atomic mass is 32.1. The maximum absolute atomic E-state index is 13.4. The molecule has 2 aromatic carbocycles. The van der Waals surface area contributed by atoms with Crippen molar-refractivity contribution in [3.8, 4) is 0 Å². The molecule has 37 heavy (non-hydrogen) atoms. The Morgan fingerprint density at radius 1 is 1.00 bits per heavy atom. The van der Waals surface area contributed by atoms with E-state index in [9.17, 15) is 14.4 Å². The average Bonchev–Trinajstić information content (AvgIpc) is 3.25. The lowest BCUT2D eigenvalue weighted by molar-refractivity contribution is -0.130. The van der Waals surface area contributed by atoms with Gasteiger partial charge in [-0.05, 0) is 36.1 Å². The lowest BCUT2D eigenvalue weighted by Crippen LogP contribution is -2.47. The first-order valence-corrected chi connectivity index (χ1v) is 12.5. The Bertz CT molecular complexity index is 1270. The van der Waals surface area contributed by atoms with Crippen molar-refractivity contribution in [3.63, 3.8) is 0 Å². The molecule has 1 heterocycles. The number of nitrogens with zero attached hydrogens (tertiary/aromatic N) is 3. The number of hydrogen-bond acceptors (Lipinski definition) is 6. The Balaban J connectivity index is 1.81. The highest BCUT2D eigenvalue weighted by Crippen LogP contribution is 2.25. The van der Waals surface area contributed by atoms with Gasteiger partial charge in [0.05, 0.1) is 11.4 Å². The van der Waals surface area contributed by atoms with Crippen molar-refractivity contribution in [2.75, 3.05) is 19.4 Å². The molecule has 1 aromatic heterocycles. The van der Waals surface area contributed by atoms with Crippen molar-refractivity contribution in [1.82, 2.24) is 15.2 Å². The maximum Gasteiger partial charge on any atom is 0.264 e. The van der Waals surface area contributed by atoms with E-state index in [2.05, 4.69) is 20.6 Å². The summed E-state index contributed by atoms with van der Waals surface area (Å²) in [6.45, 7) is 1.38. The molecule has 0 saturated heterocycles. The summed E-state index contributed by atoms with van der Waals surface area (Å²) in [4.78, 5) is 48.2. The number of anilines is 1. The second-order valence-corrected chi connectivity index (χ2v) is 9.63.